The molecule has 1 heterocycles. The molecule has 0 spiro atoms. The molecule has 1 atom stereocenters. The molecule has 0 bridgehead atoms. The molecule has 0 unspecified atom stereocenters. The van der Waals surface area contributed by atoms with Gasteiger partial charge in [0, 0.05) is 11.9 Å². The van der Waals surface area contributed by atoms with Crippen LogP contribution in [0, 0.1) is 0 Å². The molecular formula is C14H17N3OS. The van der Waals surface area contributed by atoms with Crippen molar-refractivity contribution in [2.24, 2.45) is 5.73 Å². The molecule has 0 fully saturated rings. The van der Waals surface area contributed by atoms with E-state index in [0.717, 1.165) is 22.7 Å². The first-order valence-electron chi connectivity index (χ1n) is 6.21. The highest BCUT2D eigenvalue weighted by Crippen LogP contribution is 2.14. The molecule has 2 rings (SSSR count). The Labute approximate surface area is 116 Å². The summed E-state index contributed by atoms with van der Waals surface area (Å²) in [4.78, 5) is 16.0. The van der Waals surface area contributed by atoms with E-state index in [1.165, 1.54) is 0 Å². The van der Waals surface area contributed by atoms with Crippen LogP contribution in [0.15, 0.2) is 35.7 Å². The SMILES string of the molecule is CCc1nc(CN[C@@H](C(N)=O)c2ccccc2)cs1. The quantitative estimate of drug-likeness (QED) is 0.847. The summed E-state index contributed by atoms with van der Waals surface area (Å²) in [6.07, 6.45) is 0.933. The first-order chi connectivity index (χ1) is 9.20. The summed E-state index contributed by atoms with van der Waals surface area (Å²) in [6, 6.07) is 9.00. The van der Waals surface area contributed by atoms with Gasteiger partial charge in [0.05, 0.1) is 10.7 Å². The molecule has 3 N–H and O–H groups in total. The topological polar surface area (TPSA) is 68.0 Å². The Balaban J connectivity index is 2.04. The van der Waals surface area contributed by atoms with Crippen molar-refractivity contribution in [3.8, 4) is 0 Å². The fraction of sp³-hybridized carbons (Fsp3) is 0.286. The molecule has 0 aliphatic heterocycles. The van der Waals surface area contributed by atoms with Crippen LogP contribution in [-0.2, 0) is 17.8 Å². The molecule has 19 heavy (non-hydrogen) atoms. The lowest BCUT2D eigenvalue weighted by Crippen LogP contribution is -2.33. The second kappa shape index (κ2) is 6.45. The van der Waals surface area contributed by atoms with Gasteiger partial charge in [-0.15, -0.1) is 11.3 Å². The van der Waals surface area contributed by atoms with E-state index in [0.29, 0.717) is 6.54 Å². The minimum Gasteiger partial charge on any atom is -0.368 e. The molecule has 0 aliphatic carbocycles. The number of nitrogens with two attached hydrogens (primary N) is 1. The fourth-order valence-corrected chi connectivity index (χ4v) is 2.57. The van der Waals surface area contributed by atoms with Gasteiger partial charge in [-0.2, -0.15) is 0 Å². The number of rotatable bonds is 6. The van der Waals surface area contributed by atoms with Crippen LogP contribution in [0.3, 0.4) is 0 Å². The second-order valence-electron chi connectivity index (χ2n) is 4.21. The van der Waals surface area contributed by atoms with Crippen LogP contribution in [0.2, 0.25) is 0 Å². The van der Waals surface area contributed by atoms with E-state index in [-0.39, 0.29) is 5.91 Å². The maximum Gasteiger partial charge on any atom is 0.239 e. The normalized spacial score (nSPS) is 12.3. The maximum absolute atomic E-state index is 11.5. The van der Waals surface area contributed by atoms with E-state index in [1.54, 1.807) is 11.3 Å². The summed E-state index contributed by atoms with van der Waals surface area (Å²) < 4.78 is 0. The summed E-state index contributed by atoms with van der Waals surface area (Å²) in [5.41, 5.74) is 7.27. The molecule has 1 amide bonds. The number of nitrogens with one attached hydrogen (secondary N) is 1. The van der Waals surface area contributed by atoms with Crippen LogP contribution in [0.5, 0.6) is 0 Å². The molecule has 1 aromatic carbocycles. The number of carbonyl (C=O) groups is 1. The third kappa shape index (κ3) is 3.62. The number of hydrogen-bond acceptors (Lipinski definition) is 4. The smallest absolute Gasteiger partial charge is 0.239 e. The summed E-state index contributed by atoms with van der Waals surface area (Å²) in [5.74, 6) is -0.378. The van der Waals surface area contributed by atoms with Gasteiger partial charge < -0.3 is 5.73 Å². The van der Waals surface area contributed by atoms with E-state index in [4.69, 9.17) is 5.73 Å². The molecule has 0 aliphatic rings. The number of thiazole rings is 1. The number of aromatic nitrogens is 1. The Morgan fingerprint density at radius 3 is 2.74 bits per heavy atom. The third-order valence-corrected chi connectivity index (χ3v) is 3.85. The molecular weight excluding hydrogens is 258 g/mol. The van der Waals surface area contributed by atoms with Crippen LogP contribution >= 0.6 is 11.3 Å². The fourth-order valence-electron chi connectivity index (χ4n) is 1.83. The highest BCUT2D eigenvalue weighted by Gasteiger charge is 2.17. The van der Waals surface area contributed by atoms with E-state index < -0.39 is 6.04 Å². The highest BCUT2D eigenvalue weighted by molar-refractivity contribution is 7.09. The van der Waals surface area contributed by atoms with Gasteiger partial charge in [-0.1, -0.05) is 37.3 Å². The van der Waals surface area contributed by atoms with Gasteiger partial charge in [0.25, 0.3) is 0 Å². The third-order valence-electron chi connectivity index (χ3n) is 2.81. The second-order valence-corrected chi connectivity index (χ2v) is 5.16. The van der Waals surface area contributed by atoms with Crippen LogP contribution in [-0.4, -0.2) is 10.9 Å². The van der Waals surface area contributed by atoms with Gasteiger partial charge in [0.2, 0.25) is 5.91 Å². The summed E-state index contributed by atoms with van der Waals surface area (Å²) in [7, 11) is 0. The van der Waals surface area contributed by atoms with E-state index in [1.807, 2.05) is 35.7 Å². The molecule has 5 heteroatoms. The van der Waals surface area contributed by atoms with Crippen molar-refractivity contribution < 1.29 is 4.79 Å². The highest BCUT2D eigenvalue weighted by atomic mass is 32.1. The Morgan fingerprint density at radius 2 is 2.16 bits per heavy atom. The molecule has 2 aromatic rings. The van der Waals surface area contributed by atoms with Gasteiger partial charge in [0.1, 0.15) is 6.04 Å². The van der Waals surface area contributed by atoms with Crippen molar-refractivity contribution in [3.63, 3.8) is 0 Å². The van der Waals surface area contributed by atoms with Crippen LogP contribution in [0.4, 0.5) is 0 Å². The monoisotopic (exact) mass is 275 g/mol. The van der Waals surface area contributed by atoms with Crippen molar-refractivity contribution in [3.05, 3.63) is 52.0 Å². The first kappa shape index (κ1) is 13.7. The Kier molecular flexibility index (Phi) is 4.65. The van der Waals surface area contributed by atoms with Gasteiger partial charge >= 0.3 is 0 Å². The lowest BCUT2D eigenvalue weighted by molar-refractivity contribution is -0.120. The van der Waals surface area contributed by atoms with Crippen molar-refractivity contribution in [2.75, 3.05) is 0 Å². The Bertz CT molecular complexity index is 539. The van der Waals surface area contributed by atoms with Crippen molar-refractivity contribution in [1.29, 1.82) is 0 Å². The van der Waals surface area contributed by atoms with Crippen molar-refractivity contribution >= 4 is 17.2 Å². The average Bonchev–Trinajstić information content (AvgIpc) is 2.88. The number of benzene rings is 1. The predicted octanol–water partition coefficient (Wildman–Crippen LogP) is 2.02. The largest absolute Gasteiger partial charge is 0.368 e. The average molecular weight is 275 g/mol. The maximum atomic E-state index is 11.5. The number of aryl methyl sites for hydroxylation is 1. The standard InChI is InChI=1S/C14H17N3OS/c1-2-12-17-11(9-19-12)8-16-13(14(15)18)10-6-4-3-5-7-10/h3-7,9,13,16H,2,8H2,1H3,(H2,15,18)/t13-/m1/s1. The number of amides is 1. The van der Waals surface area contributed by atoms with Gasteiger partial charge in [0.15, 0.2) is 0 Å². The molecule has 0 saturated heterocycles. The van der Waals surface area contributed by atoms with Crippen molar-refractivity contribution in [1.82, 2.24) is 10.3 Å². The molecule has 100 valence electrons. The number of hydrogen-bond donors (Lipinski definition) is 2. The van der Waals surface area contributed by atoms with E-state index >= 15 is 0 Å². The summed E-state index contributed by atoms with van der Waals surface area (Å²) in [5, 5.41) is 6.27. The van der Waals surface area contributed by atoms with E-state index in [9.17, 15) is 4.79 Å². The van der Waals surface area contributed by atoms with Crippen molar-refractivity contribution in [2.45, 2.75) is 25.9 Å². The number of primary amides is 1. The number of carbonyl (C=O) groups excluding carboxylic acids is 1. The zero-order valence-electron chi connectivity index (χ0n) is 10.8. The van der Waals surface area contributed by atoms with Crippen LogP contribution in [0.1, 0.15) is 29.2 Å². The minimum atomic E-state index is -0.479. The Morgan fingerprint density at radius 1 is 1.42 bits per heavy atom. The van der Waals surface area contributed by atoms with Gasteiger partial charge in [-0.05, 0) is 12.0 Å². The van der Waals surface area contributed by atoms with Gasteiger partial charge in [-0.25, -0.2) is 4.98 Å². The van der Waals surface area contributed by atoms with Crippen LogP contribution < -0.4 is 11.1 Å². The Hall–Kier alpha value is -1.72. The number of nitrogens with zero attached hydrogens (tertiary/aromatic N) is 1. The van der Waals surface area contributed by atoms with Crippen LogP contribution in [0.25, 0.3) is 0 Å². The predicted molar refractivity (Wildman–Crippen MR) is 76.7 cm³/mol. The molecule has 1 aromatic heterocycles. The molecule has 0 saturated carbocycles. The zero-order valence-corrected chi connectivity index (χ0v) is 11.6. The first-order valence-corrected chi connectivity index (χ1v) is 7.09. The summed E-state index contributed by atoms with van der Waals surface area (Å²) >= 11 is 1.64. The van der Waals surface area contributed by atoms with E-state index in [2.05, 4.69) is 17.2 Å². The minimum absolute atomic E-state index is 0.378. The lowest BCUT2D eigenvalue weighted by atomic mass is 10.1. The zero-order chi connectivity index (χ0) is 13.7. The molecule has 4 nitrogen and oxygen atoms in total. The van der Waals surface area contributed by atoms with Gasteiger partial charge in [-0.3, -0.25) is 10.1 Å². The summed E-state index contributed by atoms with van der Waals surface area (Å²) in [6.45, 7) is 2.62. The lowest BCUT2D eigenvalue weighted by Gasteiger charge is -2.14. The molecule has 0 radical (unpaired) electrons.